The fourth-order valence-corrected chi connectivity index (χ4v) is 2.64. The summed E-state index contributed by atoms with van der Waals surface area (Å²) in [5.41, 5.74) is 1.76. The van der Waals surface area contributed by atoms with Gasteiger partial charge in [-0.25, -0.2) is 13.2 Å². The Morgan fingerprint density at radius 3 is 2.40 bits per heavy atom. The highest BCUT2D eigenvalue weighted by Crippen LogP contribution is 2.25. The summed E-state index contributed by atoms with van der Waals surface area (Å²) in [6, 6.07) is 4.67. The molecule has 20 heavy (non-hydrogen) atoms. The maximum Gasteiger partial charge on any atom is 0.335 e. The molecule has 1 atom stereocenters. The van der Waals surface area contributed by atoms with E-state index in [9.17, 15) is 18.0 Å². The molecular weight excluding hydrogens is 282 g/mol. The highest BCUT2D eigenvalue weighted by molar-refractivity contribution is 7.92. The zero-order valence-electron chi connectivity index (χ0n) is 11.2. The van der Waals surface area contributed by atoms with Gasteiger partial charge in [-0.2, -0.15) is 0 Å². The van der Waals surface area contributed by atoms with Gasteiger partial charge >= 0.3 is 5.97 Å². The van der Waals surface area contributed by atoms with Crippen molar-refractivity contribution in [1.29, 1.82) is 0 Å². The van der Waals surface area contributed by atoms with Gasteiger partial charge in [0, 0.05) is 19.3 Å². The van der Waals surface area contributed by atoms with Gasteiger partial charge in [0.15, 0.2) is 9.84 Å². The highest BCUT2D eigenvalue weighted by atomic mass is 32.2. The van der Waals surface area contributed by atoms with Crippen LogP contribution in [0.25, 0.3) is 0 Å². The van der Waals surface area contributed by atoms with E-state index in [1.54, 1.807) is 6.07 Å². The smallest absolute Gasteiger partial charge is 0.335 e. The van der Waals surface area contributed by atoms with Crippen LogP contribution < -0.4 is 0 Å². The van der Waals surface area contributed by atoms with E-state index in [0.29, 0.717) is 6.54 Å². The van der Waals surface area contributed by atoms with Crippen LogP contribution in [0.4, 0.5) is 0 Å². The predicted octanol–water partition coefficient (Wildman–Crippen LogP) is 0.660. The summed E-state index contributed by atoms with van der Waals surface area (Å²) in [5, 5.41) is 7.84. The average molecular weight is 297 g/mol. The molecule has 0 fully saturated rings. The molecule has 0 aliphatic carbocycles. The zero-order chi connectivity index (χ0) is 15.1. The lowest BCUT2D eigenvalue weighted by Gasteiger charge is -2.19. The number of carboxylic acids is 1. The molecule has 0 saturated heterocycles. The van der Waals surface area contributed by atoms with Crippen molar-refractivity contribution in [1.82, 2.24) is 4.90 Å². The van der Waals surface area contributed by atoms with Gasteiger partial charge in [0.05, 0.1) is 5.56 Å². The van der Waals surface area contributed by atoms with E-state index in [4.69, 9.17) is 5.11 Å². The molecule has 1 aromatic carbocycles. The van der Waals surface area contributed by atoms with Crippen molar-refractivity contribution in [3.8, 4) is 0 Å². The number of benzene rings is 1. The maximum atomic E-state index is 12.1. The molecule has 1 amide bonds. The third-order valence-corrected chi connectivity index (χ3v) is 4.96. The van der Waals surface area contributed by atoms with E-state index >= 15 is 0 Å². The number of hydrogen-bond acceptors (Lipinski definition) is 4. The Bertz CT molecular complexity index is 680. The monoisotopic (exact) mass is 297 g/mol. The Morgan fingerprint density at radius 2 is 1.85 bits per heavy atom. The van der Waals surface area contributed by atoms with Crippen LogP contribution in [-0.2, 0) is 27.7 Å². The Kier molecular flexibility index (Phi) is 3.56. The lowest BCUT2D eigenvalue weighted by Crippen LogP contribution is -2.38. The predicted molar refractivity (Wildman–Crippen MR) is 72.0 cm³/mol. The molecule has 1 aliphatic rings. The molecule has 1 N–H and O–H groups in total. The van der Waals surface area contributed by atoms with Gasteiger partial charge in [0.25, 0.3) is 0 Å². The van der Waals surface area contributed by atoms with E-state index < -0.39 is 27.0 Å². The minimum Gasteiger partial charge on any atom is -0.478 e. The summed E-state index contributed by atoms with van der Waals surface area (Å²) in [4.78, 5) is 24.4. The number of carbonyl (C=O) groups is 2. The summed E-state index contributed by atoms with van der Waals surface area (Å²) in [6.07, 6.45) is 1.03. The molecule has 0 spiro atoms. The first-order valence-corrected chi connectivity index (χ1v) is 7.98. The zero-order valence-corrected chi connectivity index (χ0v) is 12.0. The fraction of sp³-hybridized carbons (Fsp3) is 0.385. The van der Waals surface area contributed by atoms with Gasteiger partial charge in [-0.3, -0.25) is 4.79 Å². The van der Waals surface area contributed by atoms with Gasteiger partial charge < -0.3 is 10.0 Å². The van der Waals surface area contributed by atoms with Crippen molar-refractivity contribution in [3.05, 3.63) is 34.9 Å². The molecule has 0 radical (unpaired) electrons. The minimum absolute atomic E-state index is 0.161. The van der Waals surface area contributed by atoms with Gasteiger partial charge in [0.1, 0.15) is 5.25 Å². The second kappa shape index (κ2) is 4.90. The first-order valence-electron chi connectivity index (χ1n) is 6.03. The van der Waals surface area contributed by atoms with E-state index in [-0.39, 0.29) is 12.1 Å². The Hall–Kier alpha value is -1.89. The number of amides is 1. The van der Waals surface area contributed by atoms with Gasteiger partial charge in [-0.1, -0.05) is 6.07 Å². The third-order valence-electron chi connectivity index (χ3n) is 3.48. The summed E-state index contributed by atoms with van der Waals surface area (Å²) in [5.74, 6) is -1.48. The van der Waals surface area contributed by atoms with E-state index in [1.165, 1.54) is 24.0 Å². The summed E-state index contributed by atoms with van der Waals surface area (Å²) < 4.78 is 22.8. The lowest BCUT2D eigenvalue weighted by atomic mass is 10.1. The van der Waals surface area contributed by atoms with Gasteiger partial charge in [-0.15, -0.1) is 0 Å². The van der Waals surface area contributed by atoms with E-state index in [2.05, 4.69) is 0 Å². The molecule has 2 rings (SSSR count). The lowest BCUT2D eigenvalue weighted by molar-refractivity contribution is -0.131. The normalized spacial score (nSPS) is 15.8. The molecule has 1 heterocycles. The van der Waals surface area contributed by atoms with Crippen LogP contribution in [0.15, 0.2) is 18.2 Å². The van der Waals surface area contributed by atoms with Crippen LogP contribution >= 0.6 is 0 Å². The number of rotatable bonds is 3. The van der Waals surface area contributed by atoms with E-state index in [0.717, 1.165) is 17.4 Å². The molecule has 1 unspecified atom stereocenters. The Labute approximate surface area is 116 Å². The first kappa shape index (κ1) is 14.5. The van der Waals surface area contributed by atoms with Gasteiger partial charge in [-0.05, 0) is 30.2 Å². The Morgan fingerprint density at radius 1 is 1.25 bits per heavy atom. The number of hydrogen-bond donors (Lipinski definition) is 1. The van der Waals surface area contributed by atoms with Crippen LogP contribution in [0.3, 0.4) is 0 Å². The average Bonchev–Trinajstić information content (AvgIpc) is 2.78. The molecule has 0 saturated carbocycles. The first-order chi connectivity index (χ1) is 9.20. The molecular formula is C13H15NO5S. The van der Waals surface area contributed by atoms with Crippen molar-refractivity contribution in [2.24, 2.45) is 0 Å². The summed E-state index contributed by atoms with van der Waals surface area (Å²) in [7, 11) is -3.43. The molecule has 1 aromatic rings. The number of carboxylic acid groups (broad SMARTS) is 1. The third kappa shape index (κ3) is 2.67. The minimum atomic E-state index is -3.43. The second-order valence-corrected chi connectivity index (χ2v) is 7.32. The molecule has 0 aromatic heterocycles. The molecule has 6 nitrogen and oxygen atoms in total. The standard InChI is InChI=1S/C13H15NO5S/c1-8(20(2,18)19)12(15)14-6-10-4-3-9(13(16)17)5-11(10)7-14/h3-5,8H,6-7H2,1-2H3,(H,16,17). The molecule has 0 bridgehead atoms. The van der Waals surface area contributed by atoms with Crippen LogP contribution in [-0.4, -0.2) is 41.8 Å². The largest absolute Gasteiger partial charge is 0.478 e. The van der Waals surface area contributed by atoms with Crippen molar-refractivity contribution >= 4 is 21.7 Å². The Balaban J connectivity index is 2.21. The van der Waals surface area contributed by atoms with E-state index in [1.807, 2.05) is 0 Å². The van der Waals surface area contributed by atoms with Crippen LogP contribution in [0.1, 0.15) is 28.4 Å². The summed E-state index contributed by atoms with van der Waals surface area (Å²) in [6.45, 7) is 1.92. The number of nitrogens with zero attached hydrogens (tertiary/aromatic N) is 1. The number of aromatic carboxylic acids is 1. The number of fused-ring (bicyclic) bond motifs is 1. The van der Waals surface area contributed by atoms with Crippen molar-refractivity contribution in [3.63, 3.8) is 0 Å². The van der Waals surface area contributed by atoms with Crippen LogP contribution in [0, 0.1) is 0 Å². The van der Waals surface area contributed by atoms with Crippen LogP contribution in [0.5, 0.6) is 0 Å². The summed E-state index contributed by atoms with van der Waals surface area (Å²) >= 11 is 0. The van der Waals surface area contributed by atoms with Crippen molar-refractivity contribution < 1.29 is 23.1 Å². The highest BCUT2D eigenvalue weighted by Gasteiger charge is 2.32. The maximum absolute atomic E-state index is 12.1. The van der Waals surface area contributed by atoms with Crippen molar-refractivity contribution in [2.45, 2.75) is 25.3 Å². The second-order valence-electron chi connectivity index (χ2n) is 4.95. The number of sulfone groups is 1. The van der Waals surface area contributed by atoms with Crippen molar-refractivity contribution in [2.75, 3.05) is 6.26 Å². The molecule has 1 aliphatic heterocycles. The SMILES string of the molecule is CC(C(=O)N1Cc2ccc(C(=O)O)cc2C1)S(C)(=O)=O. The molecule has 7 heteroatoms. The topological polar surface area (TPSA) is 91.8 Å². The molecule has 108 valence electrons. The van der Waals surface area contributed by atoms with Crippen LogP contribution in [0.2, 0.25) is 0 Å². The number of carbonyl (C=O) groups excluding carboxylic acids is 1. The van der Waals surface area contributed by atoms with Gasteiger partial charge in [0.2, 0.25) is 5.91 Å². The fourth-order valence-electron chi connectivity index (χ4n) is 2.12. The quantitative estimate of drug-likeness (QED) is 0.885.